The summed E-state index contributed by atoms with van der Waals surface area (Å²) >= 11 is 0. The number of carbonyl (C=O) groups excluding carboxylic acids is 4. The van der Waals surface area contributed by atoms with E-state index in [1.54, 1.807) is 20.8 Å². The number of amides is 3. The number of rotatable bonds is 10. The number of nitrogens with one attached hydrogen (secondary N) is 3. The van der Waals surface area contributed by atoms with Crippen LogP contribution in [0.25, 0.3) is 0 Å². The van der Waals surface area contributed by atoms with Crippen LogP contribution >= 0.6 is 0 Å². The van der Waals surface area contributed by atoms with E-state index < -0.39 is 41.1 Å². The Morgan fingerprint density at radius 3 is 2.03 bits per heavy atom. The standard InChI is InChI=1S/C28H34N4O4/c1-18(2)15-23(31-25(34)21-13-11-20(17-29)12-14-21)26(35)30-22(16-19-9-7-6-8-10-19)24(33)27(36)32-28(3,4)5/h6-14,18,22-23H,15-16H2,1-5H3,(H,30,35)(H,31,34)(H,32,36)/t22?,23-/m0/s1. The number of nitriles is 1. The maximum absolute atomic E-state index is 13.3. The lowest BCUT2D eigenvalue weighted by molar-refractivity contribution is -0.141. The summed E-state index contributed by atoms with van der Waals surface area (Å²) in [6, 6.07) is 15.1. The van der Waals surface area contributed by atoms with Crippen LogP contribution in [0.1, 0.15) is 62.5 Å². The fraction of sp³-hybridized carbons (Fsp3) is 0.393. The molecule has 2 aromatic rings. The molecule has 0 fully saturated rings. The van der Waals surface area contributed by atoms with E-state index in [0.29, 0.717) is 17.5 Å². The van der Waals surface area contributed by atoms with Crippen LogP contribution in [-0.2, 0) is 20.8 Å². The zero-order valence-corrected chi connectivity index (χ0v) is 21.4. The fourth-order valence-electron chi connectivity index (χ4n) is 3.53. The van der Waals surface area contributed by atoms with Crippen molar-refractivity contribution < 1.29 is 19.2 Å². The van der Waals surface area contributed by atoms with E-state index in [-0.39, 0.29) is 12.3 Å². The monoisotopic (exact) mass is 490 g/mol. The molecular weight excluding hydrogens is 456 g/mol. The van der Waals surface area contributed by atoms with Gasteiger partial charge in [0.25, 0.3) is 11.8 Å². The number of ketones is 1. The molecule has 0 spiro atoms. The van der Waals surface area contributed by atoms with Gasteiger partial charge in [-0.05, 0) is 62.9 Å². The van der Waals surface area contributed by atoms with E-state index in [2.05, 4.69) is 16.0 Å². The number of Topliss-reactive ketones (excluding diaryl/α,β-unsaturated/α-hetero) is 1. The van der Waals surface area contributed by atoms with E-state index in [4.69, 9.17) is 5.26 Å². The van der Waals surface area contributed by atoms with Gasteiger partial charge in [0.05, 0.1) is 11.6 Å². The van der Waals surface area contributed by atoms with Crippen molar-refractivity contribution in [2.75, 3.05) is 0 Å². The van der Waals surface area contributed by atoms with Gasteiger partial charge in [-0.2, -0.15) is 5.26 Å². The first-order valence-corrected chi connectivity index (χ1v) is 11.9. The SMILES string of the molecule is CC(C)C[C@H](NC(=O)c1ccc(C#N)cc1)C(=O)NC(Cc1ccccc1)C(=O)C(=O)NC(C)(C)C. The van der Waals surface area contributed by atoms with Crippen molar-refractivity contribution in [3.8, 4) is 6.07 Å². The number of hydrogen-bond donors (Lipinski definition) is 3. The predicted octanol–water partition coefficient (Wildman–Crippen LogP) is 2.91. The number of hydrogen-bond acceptors (Lipinski definition) is 5. The fourth-order valence-corrected chi connectivity index (χ4v) is 3.53. The molecule has 2 atom stereocenters. The average Bonchev–Trinajstić information content (AvgIpc) is 2.82. The summed E-state index contributed by atoms with van der Waals surface area (Å²) in [5.74, 6) is -2.51. The molecule has 190 valence electrons. The Hall–Kier alpha value is -3.99. The van der Waals surface area contributed by atoms with Gasteiger partial charge in [0, 0.05) is 17.5 Å². The third kappa shape index (κ3) is 8.99. The zero-order valence-electron chi connectivity index (χ0n) is 21.4. The van der Waals surface area contributed by atoms with Crippen molar-refractivity contribution in [1.82, 2.24) is 16.0 Å². The Morgan fingerprint density at radius 2 is 1.50 bits per heavy atom. The minimum absolute atomic E-state index is 0.0643. The van der Waals surface area contributed by atoms with Gasteiger partial charge < -0.3 is 16.0 Å². The second kappa shape index (κ2) is 12.6. The van der Waals surface area contributed by atoms with Gasteiger partial charge in [-0.25, -0.2) is 0 Å². The van der Waals surface area contributed by atoms with Crippen molar-refractivity contribution in [2.24, 2.45) is 5.92 Å². The Bertz CT molecular complexity index is 1110. The molecule has 3 N–H and O–H groups in total. The third-order valence-electron chi connectivity index (χ3n) is 5.23. The summed E-state index contributed by atoms with van der Waals surface area (Å²) in [5.41, 5.74) is 0.876. The van der Waals surface area contributed by atoms with Crippen LogP contribution in [0.15, 0.2) is 54.6 Å². The van der Waals surface area contributed by atoms with Crippen molar-refractivity contribution in [3.63, 3.8) is 0 Å². The molecule has 2 rings (SSSR count). The molecule has 3 amide bonds. The van der Waals surface area contributed by atoms with Crippen molar-refractivity contribution >= 4 is 23.5 Å². The van der Waals surface area contributed by atoms with E-state index >= 15 is 0 Å². The first kappa shape index (κ1) is 28.2. The normalized spacial score (nSPS) is 12.7. The van der Waals surface area contributed by atoms with Gasteiger partial charge in [-0.15, -0.1) is 0 Å². The third-order valence-corrected chi connectivity index (χ3v) is 5.23. The number of carbonyl (C=O) groups is 4. The molecule has 0 aliphatic carbocycles. The highest BCUT2D eigenvalue weighted by Crippen LogP contribution is 2.11. The van der Waals surface area contributed by atoms with Crippen LogP contribution in [-0.4, -0.2) is 41.1 Å². The molecule has 0 bridgehead atoms. The van der Waals surface area contributed by atoms with Gasteiger partial charge in [0.1, 0.15) is 12.1 Å². The molecule has 2 aromatic carbocycles. The molecule has 0 saturated heterocycles. The zero-order chi connectivity index (χ0) is 26.9. The maximum atomic E-state index is 13.3. The highest BCUT2D eigenvalue weighted by Gasteiger charge is 2.32. The lowest BCUT2D eigenvalue weighted by atomic mass is 9.98. The van der Waals surface area contributed by atoms with E-state index in [1.807, 2.05) is 50.2 Å². The first-order valence-electron chi connectivity index (χ1n) is 11.9. The minimum atomic E-state index is -1.11. The lowest BCUT2D eigenvalue weighted by Crippen LogP contribution is -2.56. The van der Waals surface area contributed by atoms with Gasteiger partial charge >= 0.3 is 0 Å². The van der Waals surface area contributed by atoms with E-state index in [1.165, 1.54) is 24.3 Å². The number of benzene rings is 2. The van der Waals surface area contributed by atoms with Crippen molar-refractivity contribution in [3.05, 3.63) is 71.3 Å². The minimum Gasteiger partial charge on any atom is -0.345 e. The van der Waals surface area contributed by atoms with Gasteiger partial charge in [0.2, 0.25) is 11.7 Å². The smallest absolute Gasteiger partial charge is 0.290 e. The molecule has 0 aliphatic rings. The molecule has 36 heavy (non-hydrogen) atoms. The van der Waals surface area contributed by atoms with Crippen LogP contribution in [0, 0.1) is 17.2 Å². The van der Waals surface area contributed by atoms with Crippen LogP contribution in [0.2, 0.25) is 0 Å². The molecular formula is C28H34N4O4. The summed E-state index contributed by atoms with van der Waals surface area (Å²) < 4.78 is 0. The molecule has 0 aliphatic heterocycles. The highest BCUT2D eigenvalue weighted by atomic mass is 16.2. The Balaban J connectivity index is 2.25. The van der Waals surface area contributed by atoms with Crippen molar-refractivity contribution in [1.29, 1.82) is 5.26 Å². The summed E-state index contributed by atoms with van der Waals surface area (Å²) in [6.07, 6.45) is 0.454. The summed E-state index contributed by atoms with van der Waals surface area (Å²) in [4.78, 5) is 51.8. The summed E-state index contributed by atoms with van der Waals surface area (Å²) in [7, 11) is 0. The molecule has 0 saturated carbocycles. The molecule has 1 unspecified atom stereocenters. The highest BCUT2D eigenvalue weighted by molar-refractivity contribution is 6.38. The van der Waals surface area contributed by atoms with E-state index in [0.717, 1.165) is 5.56 Å². The Morgan fingerprint density at radius 1 is 0.889 bits per heavy atom. The molecule has 0 heterocycles. The second-order valence-corrected chi connectivity index (χ2v) is 10.2. The van der Waals surface area contributed by atoms with Gasteiger partial charge in [-0.3, -0.25) is 19.2 Å². The summed E-state index contributed by atoms with van der Waals surface area (Å²) in [5, 5.41) is 17.0. The Labute approximate surface area is 212 Å². The van der Waals surface area contributed by atoms with Crippen LogP contribution < -0.4 is 16.0 Å². The number of nitrogens with zero attached hydrogens (tertiary/aromatic N) is 1. The quantitative estimate of drug-likeness (QED) is 0.441. The van der Waals surface area contributed by atoms with Crippen LogP contribution in [0.4, 0.5) is 0 Å². The lowest BCUT2D eigenvalue weighted by Gasteiger charge is -2.25. The second-order valence-electron chi connectivity index (χ2n) is 10.2. The molecule has 0 aromatic heterocycles. The van der Waals surface area contributed by atoms with Crippen LogP contribution in [0.5, 0.6) is 0 Å². The molecule has 8 heteroatoms. The topological polar surface area (TPSA) is 128 Å². The van der Waals surface area contributed by atoms with E-state index in [9.17, 15) is 19.2 Å². The van der Waals surface area contributed by atoms with Crippen LogP contribution in [0.3, 0.4) is 0 Å². The molecule has 0 radical (unpaired) electrons. The predicted molar refractivity (Wildman–Crippen MR) is 137 cm³/mol. The van der Waals surface area contributed by atoms with Gasteiger partial charge in [-0.1, -0.05) is 44.2 Å². The maximum Gasteiger partial charge on any atom is 0.290 e. The first-order chi connectivity index (χ1) is 16.9. The average molecular weight is 491 g/mol. The van der Waals surface area contributed by atoms with Gasteiger partial charge in [0.15, 0.2) is 0 Å². The Kier molecular flexibility index (Phi) is 9.92. The summed E-state index contributed by atoms with van der Waals surface area (Å²) in [6.45, 7) is 9.12. The largest absolute Gasteiger partial charge is 0.345 e. The molecule has 8 nitrogen and oxygen atoms in total. The van der Waals surface area contributed by atoms with Crippen molar-refractivity contribution in [2.45, 2.75) is 65.1 Å².